The highest BCUT2D eigenvalue weighted by Crippen LogP contribution is 2.52. The van der Waals surface area contributed by atoms with Gasteiger partial charge in [0.2, 0.25) is 0 Å². The maximum Gasteiger partial charge on any atom is 0.255 e. The van der Waals surface area contributed by atoms with Crippen LogP contribution in [0.3, 0.4) is 0 Å². The second-order valence-corrected chi connectivity index (χ2v) is 7.76. The van der Waals surface area contributed by atoms with Gasteiger partial charge in [0.25, 0.3) is 5.91 Å². The summed E-state index contributed by atoms with van der Waals surface area (Å²) in [5.74, 6) is 0.348. The molecule has 142 valence electrons. The minimum atomic E-state index is -0.0991. The van der Waals surface area contributed by atoms with E-state index in [9.17, 15) is 4.79 Å². The number of anilines is 1. The van der Waals surface area contributed by atoms with E-state index in [1.807, 2.05) is 54.6 Å². The van der Waals surface area contributed by atoms with Crippen LogP contribution in [0.2, 0.25) is 0 Å². The van der Waals surface area contributed by atoms with Crippen molar-refractivity contribution in [2.45, 2.75) is 37.6 Å². The molecule has 0 spiro atoms. The molecular formula is C25H26N2O. The summed E-state index contributed by atoms with van der Waals surface area (Å²) in [6.45, 7) is 2.18. The Morgan fingerprint density at radius 3 is 2.25 bits per heavy atom. The van der Waals surface area contributed by atoms with E-state index in [1.54, 1.807) is 0 Å². The molecule has 0 heterocycles. The molecule has 0 aliphatic heterocycles. The molecule has 2 atom stereocenters. The van der Waals surface area contributed by atoms with Gasteiger partial charge in [0.05, 0.1) is 0 Å². The van der Waals surface area contributed by atoms with E-state index in [0.717, 1.165) is 36.1 Å². The largest absolute Gasteiger partial charge is 0.325 e. The molecule has 1 aliphatic carbocycles. The fraction of sp³-hybridized carbons (Fsp3) is 0.240. The van der Waals surface area contributed by atoms with Crippen LogP contribution in [-0.4, -0.2) is 11.4 Å². The zero-order chi connectivity index (χ0) is 19.6. The van der Waals surface area contributed by atoms with Crippen LogP contribution in [0.5, 0.6) is 0 Å². The van der Waals surface area contributed by atoms with E-state index in [2.05, 4.69) is 36.5 Å². The molecule has 28 heavy (non-hydrogen) atoms. The van der Waals surface area contributed by atoms with Crippen LogP contribution in [0.1, 0.15) is 48.0 Å². The molecule has 0 saturated heterocycles. The van der Waals surface area contributed by atoms with Crippen molar-refractivity contribution in [3.63, 3.8) is 0 Å². The number of carbonyl (C=O) groups excluding carboxylic acids is 1. The van der Waals surface area contributed by atoms with Crippen LogP contribution < -0.4 is 11.1 Å². The molecule has 1 amide bonds. The Morgan fingerprint density at radius 2 is 1.61 bits per heavy atom. The highest BCUT2D eigenvalue weighted by atomic mass is 16.1. The number of benzene rings is 3. The summed E-state index contributed by atoms with van der Waals surface area (Å²) in [6.07, 6.45) is 3.24. The number of amides is 1. The molecule has 4 rings (SSSR count). The maximum atomic E-state index is 12.6. The van der Waals surface area contributed by atoms with Gasteiger partial charge in [-0.15, -0.1) is 0 Å². The number of nitrogens with one attached hydrogen (secondary N) is 1. The summed E-state index contributed by atoms with van der Waals surface area (Å²) in [5.41, 5.74) is 11.3. The van der Waals surface area contributed by atoms with Crippen molar-refractivity contribution in [2.75, 3.05) is 5.32 Å². The van der Waals surface area contributed by atoms with Crippen molar-refractivity contribution < 1.29 is 4.79 Å². The average molecular weight is 370 g/mol. The molecule has 3 aromatic carbocycles. The van der Waals surface area contributed by atoms with Gasteiger partial charge in [-0.2, -0.15) is 0 Å². The lowest BCUT2D eigenvalue weighted by Crippen LogP contribution is -2.23. The number of hydrogen-bond donors (Lipinski definition) is 2. The summed E-state index contributed by atoms with van der Waals surface area (Å²) < 4.78 is 0. The Balaban J connectivity index is 1.40. The summed E-state index contributed by atoms with van der Waals surface area (Å²) in [5, 5.41) is 2.98. The van der Waals surface area contributed by atoms with Gasteiger partial charge in [0, 0.05) is 22.7 Å². The predicted octanol–water partition coefficient (Wildman–Crippen LogP) is 5.59. The van der Waals surface area contributed by atoms with Crippen molar-refractivity contribution >= 4 is 11.6 Å². The molecule has 0 aromatic heterocycles. The standard InChI is InChI=1S/C25H26N2O/c1-2-16-25(26)17-23(25)20-12-14-22(15-13-20)27-24(28)21-10-8-19(9-11-21)18-6-4-3-5-7-18/h3-15,23H,2,16-17,26H2,1H3,(H,27,28)/t23-,25+/m0/s1. The number of rotatable bonds is 6. The Morgan fingerprint density at radius 1 is 0.964 bits per heavy atom. The van der Waals surface area contributed by atoms with E-state index >= 15 is 0 Å². The molecule has 1 aliphatic rings. The number of nitrogens with two attached hydrogens (primary N) is 1. The van der Waals surface area contributed by atoms with Crippen molar-refractivity contribution in [1.29, 1.82) is 0 Å². The van der Waals surface area contributed by atoms with E-state index in [1.165, 1.54) is 5.56 Å². The third kappa shape index (κ3) is 3.85. The maximum absolute atomic E-state index is 12.6. The van der Waals surface area contributed by atoms with Gasteiger partial charge in [0.1, 0.15) is 0 Å². The van der Waals surface area contributed by atoms with Crippen LogP contribution in [0, 0.1) is 0 Å². The normalized spacial score (nSPS) is 20.6. The van der Waals surface area contributed by atoms with Gasteiger partial charge in [-0.3, -0.25) is 4.79 Å². The van der Waals surface area contributed by atoms with E-state index in [-0.39, 0.29) is 11.4 Å². The van der Waals surface area contributed by atoms with Crippen molar-refractivity contribution in [2.24, 2.45) is 5.73 Å². The van der Waals surface area contributed by atoms with Crippen LogP contribution in [0.15, 0.2) is 78.9 Å². The SMILES string of the molecule is CCC[C@@]1(N)C[C@H]1c1ccc(NC(=O)c2ccc(-c3ccccc3)cc2)cc1. The molecule has 0 radical (unpaired) electrons. The highest BCUT2D eigenvalue weighted by Gasteiger charge is 2.50. The zero-order valence-corrected chi connectivity index (χ0v) is 16.2. The van der Waals surface area contributed by atoms with Crippen molar-refractivity contribution in [3.8, 4) is 11.1 Å². The molecule has 0 unspecified atom stereocenters. The Labute approximate surface area is 166 Å². The van der Waals surface area contributed by atoms with Crippen molar-refractivity contribution in [1.82, 2.24) is 0 Å². The smallest absolute Gasteiger partial charge is 0.255 e. The number of carbonyl (C=O) groups is 1. The van der Waals surface area contributed by atoms with Gasteiger partial charge < -0.3 is 11.1 Å². The quantitative estimate of drug-likeness (QED) is 0.594. The number of hydrogen-bond acceptors (Lipinski definition) is 2. The molecule has 0 bridgehead atoms. The molecule has 1 fully saturated rings. The van der Waals surface area contributed by atoms with E-state index in [4.69, 9.17) is 5.73 Å². The summed E-state index contributed by atoms with van der Waals surface area (Å²) in [7, 11) is 0. The van der Waals surface area contributed by atoms with Gasteiger partial charge in [0.15, 0.2) is 0 Å². The molecule has 1 saturated carbocycles. The fourth-order valence-electron chi connectivity index (χ4n) is 3.96. The first-order valence-corrected chi connectivity index (χ1v) is 9.95. The Kier molecular flexibility index (Phi) is 5.01. The second kappa shape index (κ2) is 7.61. The molecule has 3 N–H and O–H groups in total. The second-order valence-electron chi connectivity index (χ2n) is 7.76. The van der Waals surface area contributed by atoms with Crippen LogP contribution >= 0.6 is 0 Å². The summed E-state index contributed by atoms with van der Waals surface area (Å²) >= 11 is 0. The van der Waals surface area contributed by atoms with Gasteiger partial charge in [-0.25, -0.2) is 0 Å². The third-order valence-corrected chi connectivity index (χ3v) is 5.66. The first-order valence-electron chi connectivity index (χ1n) is 9.95. The minimum Gasteiger partial charge on any atom is -0.325 e. The van der Waals surface area contributed by atoms with Gasteiger partial charge in [-0.1, -0.05) is 67.9 Å². The van der Waals surface area contributed by atoms with Crippen LogP contribution in [-0.2, 0) is 0 Å². The molecular weight excluding hydrogens is 344 g/mol. The fourth-order valence-corrected chi connectivity index (χ4v) is 3.96. The highest BCUT2D eigenvalue weighted by molar-refractivity contribution is 6.04. The van der Waals surface area contributed by atoms with Crippen molar-refractivity contribution in [3.05, 3.63) is 90.0 Å². The van der Waals surface area contributed by atoms with E-state index in [0.29, 0.717) is 11.5 Å². The average Bonchev–Trinajstić information content (AvgIpc) is 3.40. The predicted molar refractivity (Wildman–Crippen MR) is 115 cm³/mol. The first kappa shape index (κ1) is 18.5. The minimum absolute atomic E-state index is 0.0278. The lowest BCUT2D eigenvalue weighted by Gasteiger charge is -2.11. The topological polar surface area (TPSA) is 55.1 Å². The Bertz CT molecular complexity index is 948. The van der Waals surface area contributed by atoms with Gasteiger partial charge in [-0.05, 0) is 53.8 Å². The monoisotopic (exact) mass is 370 g/mol. The lowest BCUT2D eigenvalue weighted by molar-refractivity contribution is 0.102. The third-order valence-electron chi connectivity index (χ3n) is 5.66. The van der Waals surface area contributed by atoms with E-state index < -0.39 is 0 Å². The van der Waals surface area contributed by atoms with Crippen LogP contribution in [0.25, 0.3) is 11.1 Å². The molecule has 3 aromatic rings. The first-order chi connectivity index (χ1) is 13.6. The van der Waals surface area contributed by atoms with Gasteiger partial charge >= 0.3 is 0 Å². The van der Waals surface area contributed by atoms with Crippen LogP contribution in [0.4, 0.5) is 5.69 Å². The summed E-state index contributed by atoms with van der Waals surface area (Å²) in [6, 6.07) is 25.9. The Hall–Kier alpha value is -2.91. The zero-order valence-electron chi connectivity index (χ0n) is 16.2. The lowest BCUT2D eigenvalue weighted by atomic mass is 10.0. The molecule has 3 nitrogen and oxygen atoms in total. The summed E-state index contributed by atoms with van der Waals surface area (Å²) in [4.78, 5) is 12.6. The molecule has 3 heteroatoms.